The number of carbonyl (C=O) groups is 1. The molecule has 1 amide bonds. The summed E-state index contributed by atoms with van der Waals surface area (Å²) in [5.74, 6) is 1.62. The highest BCUT2D eigenvalue weighted by Gasteiger charge is 2.27. The minimum absolute atomic E-state index is 0.0607. The van der Waals surface area contributed by atoms with Gasteiger partial charge in [-0.3, -0.25) is 4.79 Å². The molecule has 110 valence electrons. The normalized spacial score (nSPS) is 18.5. The molecule has 0 bridgehead atoms. The van der Waals surface area contributed by atoms with Crippen LogP contribution in [0.5, 0.6) is 0 Å². The van der Waals surface area contributed by atoms with Gasteiger partial charge in [0.05, 0.1) is 12.0 Å². The van der Waals surface area contributed by atoms with Crippen LogP contribution in [-0.4, -0.2) is 12.5 Å². The highest BCUT2D eigenvalue weighted by molar-refractivity contribution is 5.86. The van der Waals surface area contributed by atoms with Gasteiger partial charge in [0.25, 0.3) is 0 Å². The molecule has 2 N–H and O–H groups in total. The van der Waals surface area contributed by atoms with E-state index >= 15 is 0 Å². The Hall–Kier alpha value is -2.23. The molecule has 0 aliphatic carbocycles. The summed E-state index contributed by atoms with van der Waals surface area (Å²) in [4.78, 5) is 12.6. The van der Waals surface area contributed by atoms with Crippen LogP contribution >= 0.6 is 0 Å². The molecule has 1 aromatic carbocycles. The average Bonchev–Trinajstić information content (AvgIpc) is 2.93. The van der Waals surface area contributed by atoms with E-state index in [9.17, 15) is 4.79 Å². The molecular weight excluding hydrogens is 264 g/mol. The predicted molar refractivity (Wildman–Crippen MR) is 82.3 cm³/mol. The Morgan fingerprint density at radius 3 is 2.90 bits per heavy atom. The maximum atomic E-state index is 12.6. The number of amides is 1. The molecule has 4 heteroatoms. The summed E-state index contributed by atoms with van der Waals surface area (Å²) in [6.07, 6.45) is 0.812. The summed E-state index contributed by atoms with van der Waals surface area (Å²) in [5.41, 5.74) is 2.13. The Labute approximate surface area is 124 Å². The van der Waals surface area contributed by atoms with Crippen LogP contribution in [-0.2, 0) is 4.79 Å². The molecular formula is C17H20N2O2. The van der Waals surface area contributed by atoms with E-state index in [-0.39, 0.29) is 17.9 Å². The number of hydrogen-bond acceptors (Lipinski definition) is 3. The quantitative estimate of drug-likeness (QED) is 0.908. The highest BCUT2D eigenvalue weighted by atomic mass is 16.3. The molecule has 1 aromatic heterocycles. The van der Waals surface area contributed by atoms with Crippen molar-refractivity contribution in [2.24, 2.45) is 0 Å². The number of fused-ring (bicyclic) bond motifs is 1. The molecule has 0 radical (unpaired) electrons. The van der Waals surface area contributed by atoms with Crippen molar-refractivity contribution in [3.8, 4) is 0 Å². The van der Waals surface area contributed by atoms with Crippen LogP contribution in [0.25, 0.3) is 0 Å². The van der Waals surface area contributed by atoms with Crippen molar-refractivity contribution < 1.29 is 9.21 Å². The summed E-state index contributed by atoms with van der Waals surface area (Å²) >= 11 is 0. The van der Waals surface area contributed by atoms with E-state index in [4.69, 9.17) is 4.42 Å². The van der Waals surface area contributed by atoms with Gasteiger partial charge in [0.2, 0.25) is 5.91 Å². The van der Waals surface area contributed by atoms with Crippen molar-refractivity contribution in [1.29, 1.82) is 0 Å². The third-order valence-electron chi connectivity index (χ3n) is 3.95. The second-order valence-corrected chi connectivity index (χ2v) is 5.53. The lowest BCUT2D eigenvalue weighted by Crippen LogP contribution is -2.34. The fraction of sp³-hybridized carbons (Fsp3) is 0.353. The van der Waals surface area contributed by atoms with Crippen LogP contribution in [0.1, 0.15) is 42.4 Å². The van der Waals surface area contributed by atoms with Crippen LogP contribution in [0.4, 0.5) is 5.69 Å². The first kappa shape index (κ1) is 13.7. The van der Waals surface area contributed by atoms with Crippen LogP contribution in [0.3, 0.4) is 0 Å². The number of anilines is 1. The first-order valence-electron chi connectivity index (χ1n) is 7.34. The summed E-state index contributed by atoms with van der Waals surface area (Å²) in [6, 6.07) is 11.7. The average molecular weight is 284 g/mol. The van der Waals surface area contributed by atoms with Crippen molar-refractivity contribution in [3.05, 3.63) is 53.5 Å². The van der Waals surface area contributed by atoms with Gasteiger partial charge in [-0.05, 0) is 44.0 Å². The molecule has 0 fully saturated rings. The van der Waals surface area contributed by atoms with Crippen LogP contribution < -0.4 is 10.6 Å². The molecule has 2 heterocycles. The minimum atomic E-state index is -0.117. The fourth-order valence-electron chi connectivity index (χ4n) is 2.81. The molecule has 1 aliphatic rings. The van der Waals surface area contributed by atoms with Crippen LogP contribution in [0.15, 0.2) is 40.8 Å². The molecule has 1 aliphatic heterocycles. The lowest BCUT2D eigenvalue weighted by Gasteiger charge is -2.26. The summed E-state index contributed by atoms with van der Waals surface area (Å²) in [5, 5.41) is 6.40. The van der Waals surface area contributed by atoms with Crippen molar-refractivity contribution >= 4 is 11.6 Å². The second-order valence-electron chi connectivity index (χ2n) is 5.53. The number of carbonyl (C=O) groups excluding carboxylic acids is 1. The van der Waals surface area contributed by atoms with Crippen molar-refractivity contribution in [2.75, 3.05) is 11.9 Å². The largest absolute Gasteiger partial charge is 0.464 e. The van der Waals surface area contributed by atoms with E-state index in [0.29, 0.717) is 0 Å². The summed E-state index contributed by atoms with van der Waals surface area (Å²) in [6.45, 7) is 4.67. The maximum absolute atomic E-state index is 12.6. The Morgan fingerprint density at radius 2 is 2.14 bits per heavy atom. The second kappa shape index (κ2) is 5.64. The van der Waals surface area contributed by atoms with E-state index in [1.165, 1.54) is 0 Å². The molecule has 2 aromatic rings. The lowest BCUT2D eigenvalue weighted by molar-refractivity contribution is -0.123. The van der Waals surface area contributed by atoms with Gasteiger partial charge in [0, 0.05) is 12.2 Å². The van der Waals surface area contributed by atoms with Gasteiger partial charge in [0.1, 0.15) is 11.5 Å². The van der Waals surface area contributed by atoms with Gasteiger partial charge in [-0.15, -0.1) is 0 Å². The number of furan rings is 1. The Bertz CT molecular complexity index is 648. The molecule has 3 rings (SSSR count). The standard InChI is InChI=1S/C17H20N2O2/c1-11-7-8-16(21-11)12(2)19-17(20)14-9-10-18-15-6-4-3-5-13(14)15/h3-8,12,14,18H,9-10H2,1-2H3,(H,19,20). The smallest absolute Gasteiger partial charge is 0.228 e. The van der Waals surface area contributed by atoms with E-state index in [2.05, 4.69) is 10.6 Å². The fourth-order valence-corrected chi connectivity index (χ4v) is 2.81. The Kier molecular flexibility index (Phi) is 3.69. The third-order valence-corrected chi connectivity index (χ3v) is 3.95. The van der Waals surface area contributed by atoms with E-state index in [1.807, 2.05) is 50.2 Å². The monoisotopic (exact) mass is 284 g/mol. The minimum Gasteiger partial charge on any atom is -0.464 e. The van der Waals surface area contributed by atoms with Crippen molar-refractivity contribution in [1.82, 2.24) is 5.32 Å². The van der Waals surface area contributed by atoms with E-state index in [1.54, 1.807) is 0 Å². The van der Waals surface area contributed by atoms with Gasteiger partial charge >= 0.3 is 0 Å². The molecule has 2 atom stereocenters. The molecule has 0 saturated heterocycles. The number of para-hydroxylation sites is 1. The zero-order valence-electron chi connectivity index (χ0n) is 12.3. The Morgan fingerprint density at radius 1 is 1.33 bits per heavy atom. The summed E-state index contributed by atoms with van der Waals surface area (Å²) < 4.78 is 5.58. The van der Waals surface area contributed by atoms with Gasteiger partial charge in [-0.1, -0.05) is 18.2 Å². The third kappa shape index (κ3) is 2.79. The predicted octanol–water partition coefficient (Wildman–Crippen LogP) is 3.36. The zero-order chi connectivity index (χ0) is 14.8. The first-order valence-corrected chi connectivity index (χ1v) is 7.34. The molecule has 2 unspecified atom stereocenters. The number of benzene rings is 1. The van der Waals surface area contributed by atoms with Crippen molar-refractivity contribution in [3.63, 3.8) is 0 Å². The molecule has 0 spiro atoms. The van der Waals surface area contributed by atoms with E-state index in [0.717, 1.165) is 35.7 Å². The highest BCUT2D eigenvalue weighted by Crippen LogP contribution is 2.32. The Balaban J connectivity index is 1.74. The van der Waals surface area contributed by atoms with Crippen LogP contribution in [0.2, 0.25) is 0 Å². The SMILES string of the molecule is Cc1ccc(C(C)NC(=O)C2CCNc3ccccc32)o1. The summed E-state index contributed by atoms with van der Waals surface area (Å²) in [7, 11) is 0. The van der Waals surface area contributed by atoms with Gasteiger partial charge in [-0.25, -0.2) is 0 Å². The van der Waals surface area contributed by atoms with Gasteiger partial charge in [0.15, 0.2) is 0 Å². The van der Waals surface area contributed by atoms with E-state index < -0.39 is 0 Å². The van der Waals surface area contributed by atoms with Crippen molar-refractivity contribution in [2.45, 2.75) is 32.2 Å². The first-order chi connectivity index (χ1) is 10.1. The molecule has 21 heavy (non-hydrogen) atoms. The number of rotatable bonds is 3. The molecule has 4 nitrogen and oxygen atoms in total. The van der Waals surface area contributed by atoms with Gasteiger partial charge < -0.3 is 15.1 Å². The maximum Gasteiger partial charge on any atom is 0.228 e. The van der Waals surface area contributed by atoms with Crippen LogP contribution in [0, 0.1) is 6.92 Å². The number of nitrogens with one attached hydrogen (secondary N) is 2. The number of aryl methyl sites for hydroxylation is 1. The molecule has 0 saturated carbocycles. The lowest BCUT2D eigenvalue weighted by atomic mass is 9.90. The topological polar surface area (TPSA) is 54.3 Å². The zero-order valence-corrected chi connectivity index (χ0v) is 12.3. The van der Waals surface area contributed by atoms with Gasteiger partial charge in [-0.2, -0.15) is 0 Å². The number of hydrogen-bond donors (Lipinski definition) is 2.